The van der Waals surface area contributed by atoms with Crippen LogP contribution >= 0.6 is 0 Å². The van der Waals surface area contributed by atoms with Gasteiger partial charge in [0.15, 0.2) is 17.4 Å². The van der Waals surface area contributed by atoms with Crippen molar-refractivity contribution in [2.24, 2.45) is 0 Å². The van der Waals surface area contributed by atoms with Crippen LogP contribution in [-0.4, -0.2) is 42.8 Å². The number of amides is 1. The van der Waals surface area contributed by atoms with E-state index in [0.717, 1.165) is 25.2 Å². The number of benzene rings is 1. The molecule has 1 N–H and O–H groups in total. The zero-order valence-corrected chi connectivity index (χ0v) is 11.0. The van der Waals surface area contributed by atoms with E-state index in [-0.39, 0.29) is 30.1 Å². The monoisotopic (exact) mass is 282 g/mol. The van der Waals surface area contributed by atoms with Gasteiger partial charge in [0.05, 0.1) is 0 Å². The highest BCUT2D eigenvalue weighted by Crippen LogP contribution is 2.12. The molecule has 108 valence electrons. The molecule has 2 rings (SSSR count). The maximum atomic E-state index is 13.0. The highest BCUT2D eigenvalue weighted by Gasteiger charge is 2.18. The quantitative estimate of drug-likeness (QED) is 0.848. The second kappa shape index (κ2) is 6.56. The highest BCUT2D eigenvalue weighted by molar-refractivity contribution is 5.97. The normalized spacial score (nSPS) is 15.2. The second-order valence-corrected chi connectivity index (χ2v) is 4.68. The predicted molar refractivity (Wildman–Crippen MR) is 69.4 cm³/mol. The van der Waals surface area contributed by atoms with Gasteiger partial charge in [-0.3, -0.25) is 9.59 Å². The van der Waals surface area contributed by atoms with Crippen molar-refractivity contribution in [2.45, 2.75) is 12.8 Å². The number of nitrogens with zero attached hydrogens (tertiary/aromatic N) is 1. The van der Waals surface area contributed by atoms with Gasteiger partial charge in [0, 0.05) is 44.6 Å². The molecular weight excluding hydrogens is 266 g/mol. The van der Waals surface area contributed by atoms with Crippen LogP contribution < -0.4 is 5.32 Å². The topological polar surface area (TPSA) is 49.4 Å². The smallest absolute Gasteiger partial charge is 0.223 e. The van der Waals surface area contributed by atoms with Gasteiger partial charge < -0.3 is 10.2 Å². The molecule has 1 fully saturated rings. The van der Waals surface area contributed by atoms with Gasteiger partial charge in [0.1, 0.15) is 0 Å². The molecule has 0 bridgehead atoms. The minimum absolute atomic E-state index is 0.00777. The van der Waals surface area contributed by atoms with Crippen molar-refractivity contribution in [2.75, 3.05) is 26.2 Å². The van der Waals surface area contributed by atoms with Gasteiger partial charge in [-0.25, -0.2) is 8.78 Å². The van der Waals surface area contributed by atoms with Gasteiger partial charge in [-0.2, -0.15) is 0 Å². The van der Waals surface area contributed by atoms with Crippen LogP contribution in [-0.2, 0) is 4.79 Å². The van der Waals surface area contributed by atoms with Gasteiger partial charge in [-0.05, 0) is 18.2 Å². The summed E-state index contributed by atoms with van der Waals surface area (Å²) in [7, 11) is 0. The molecule has 0 aliphatic carbocycles. The molecule has 4 nitrogen and oxygen atoms in total. The van der Waals surface area contributed by atoms with E-state index >= 15 is 0 Å². The largest absolute Gasteiger partial charge is 0.340 e. The summed E-state index contributed by atoms with van der Waals surface area (Å²) >= 11 is 0. The van der Waals surface area contributed by atoms with Crippen LogP contribution in [0.15, 0.2) is 18.2 Å². The van der Waals surface area contributed by atoms with Crippen LogP contribution in [0.3, 0.4) is 0 Å². The zero-order chi connectivity index (χ0) is 14.5. The third-order valence-corrected chi connectivity index (χ3v) is 3.28. The molecule has 1 amide bonds. The van der Waals surface area contributed by atoms with E-state index in [0.29, 0.717) is 13.1 Å². The first kappa shape index (κ1) is 14.6. The summed E-state index contributed by atoms with van der Waals surface area (Å²) in [6.45, 7) is 2.78. The number of Topliss-reactive ketones (excluding diaryl/α,β-unsaturated/α-hetero) is 1. The summed E-state index contributed by atoms with van der Waals surface area (Å²) in [4.78, 5) is 25.4. The molecule has 1 aliphatic rings. The molecule has 0 radical (unpaired) electrons. The summed E-state index contributed by atoms with van der Waals surface area (Å²) in [5, 5.41) is 3.13. The van der Waals surface area contributed by atoms with Crippen molar-refractivity contribution in [3.05, 3.63) is 35.4 Å². The van der Waals surface area contributed by atoms with Crippen molar-refractivity contribution >= 4 is 11.7 Å². The Labute approximate surface area is 115 Å². The molecule has 0 saturated carbocycles. The van der Waals surface area contributed by atoms with Crippen LogP contribution in [0.1, 0.15) is 23.2 Å². The van der Waals surface area contributed by atoms with Gasteiger partial charge in [0.2, 0.25) is 5.91 Å². The van der Waals surface area contributed by atoms with E-state index in [4.69, 9.17) is 0 Å². The number of hydrogen-bond acceptors (Lipinski definition) is 3. The van der Waals surface area contributed by atoms with Gasteiger partial charge in [-0.1, -0.05) is 0 Å². The summed E-state index contributed by atoms with van der Waals surface area (Å²) in [5.74, 6) is -2.47. The molecule has 1 aromatic rings. The molecule has 0 aromatic heterocycles. The first-order valence-electron chi connectivity index (χ1n) is 6.54. The SMILES string of the molecule is O=C(CCC(=O)N1CCNCC1)c1ccc(F)c(F)c1. The predicted octanol–water partition coefficient (Wildman–Crippen LogP) is 1.36. The summed E-state index contributed by atoms with van der Waals surface area (Å²) in [6, 6.07) is 3.02. The van der Waals surface area contributed by atoms with Crippen molar-refractivity contribution in [1.29, 1.82) is 0 Å². The second-order valence-electron chi connectivity index (χ2n) is 4.68. The van der Waals surface area contributed by atoms with E-state index in [1.165, 1.54) is 6.07 Å². The Morgan fingerprint density at radius 3 is 2.45 bits per heavy atom. The maximum Gasteiger partial charge on any atom is 0.223 e. The number of rotatable bonds is 4. The maximum absolute atomic E-state index is 13.0. The number of hydrogen-bond donors (Lipinski definition) is 1. The minimum atomic E-state index is -1.05. The van der Waals surface area contributed by atoms with Crippen LogP contribution in [0, 0.1) is 11.6 Å². The number of halogens is 2. The Hall–Kier alpha value is -1.82. The molecular formula is C14H16F2N2O2. The summed E-state index contributed by atoms with van der Waals surface area (Å²) in [6.07, 6.45) is 0.103. The van der Waals surface area contributed by atoms with Crippen molar-refractivity contribution in [1.82, 2.24) is 10.2 Å². The number of nitrogens with one attached hydrogen (secondary N) is 1. The molecule has 0 unspecified atom stereocenters. The Morgan fingerprint density at radius 1 is 1.10 bits per heavy atom. The van der Waals surface area contributed by atoms with Gasteiger partial charge >= 0.3 is 0 Å². The number of carbonyl (C=O) groups is 2. The Kier molecular flexibility index (Phi) is 4.79. The average Bonchev–Trinajstić information content (AvgIpc) is 2.48. The fraction of sp³-hybridized carbons (Fsp3) is 0.429. The minimum Gasteiger partial charge on any atom is -0.340 e. The van der Waals surface area contributed by atoms with Crippen LogP contribution in [0.2, 0.25) is 0 Å². The molecule has 20 heavy (non-hydrogen) atoms. The van der Waals surface area contributed by atoms with Crippen LogP contribution in [0.25, 0.3) is 0 Å². The van der Waals surface area contributed by atoms with Crippen molar-refractivity contribution in [3.8, 4) is 0 Å². The van der Waals surface area contributed by atoms with Crippen molar-refractivity contribution < 1.29 is 18.4 Å². The standard InChI is InChI=1S/C14H16F2N2O2/c15-11-2-1-10(9-12(11)16)13(19)3-4-14(20)18-7-5-17-6-8-18/h1-2,9,17H,3-8H2. The lowest BCUT2D eigenvalue weighted by Crippen LogP contribution is -2.46. The van der Waals surface area contributed by atoms with E-state index < -0.39 is 11.6 Å². The fourth-order valence-electron chi connectivity index (χ4n) is 2.11. The number of ketones is 1. The Bertz CT molecular complexity index is 514. The first-order valence-corrected chi connectivity index (χ1v) is 6.54. The lowest BCUT2D eigenvalue weighted by molar-refractivity contribution is -0.131. The third-order valence-electron chi connectivity index (χ3n) is 3.28. The summed E-state index contributed by atoms with van der Waals surface area (Å²) in [5.41, 5.74) is 0.0945. The Morgan fingerprint density at radius 2 is 1.80 bits per heavy atom. The molecule has 0 atom stereocenters. The van der Waals surface area contributed by atoms with Gasteiger partial charge in [-0.15, -0.1) is 0 Å². The average molecular weight is 282 g/mol. The zero-order valence-electron chi connectivity index (χ0n) is 11.0. The van der Waals surface area contributed by atoms with E-state index in [1.807, 2.05) is 0 Å². The molecule has 1 aliphatic heterocycles. The lowest BCUT2D eigenvalue weighted by atomic mass is 10.1. The molecule has 1 heterocycles. The van der Waals surface area contributed by atoms with E-state index in [9.17, 15) is 18.4 Å². The molecule has 1 aromatic carbocycles. The lowest BCUT2D eigenvalue weighted by Gasteiger charge is -2.27. The van der Waals surface area contributed by atoms with E-state index in [1.54, 1.807) is 4.90 Å². The molecule has 1 saturated heterocycles. The van der Waals surface area contributed by atoms with Gasteiger partial charge in [0.25, 0.3) is 0 Å². The van der Waals surface area contributed by atoms with Crippen molar-refractivity contribution in [3.63, 3.8) is 0 Å². The highest BCUT2D eigenvalue weighted by atomic mass is 19.2. The Balaban J connectivity index is 1.88. The fourth-order valence-corrected chi connectivity index (χ4v) is 2.11. The third kappa shape index (κ3) is 3.60. The number of carbonyl (C=O) groups excluding carboxylic acids is 2. The van der Waals surface area contributed by atoms with Crippen LogP contribution in [0.5, 0.6) is 0 Å². The first-order chi connectivity index (χ1) is 9.58. The van der Waals surface area contributed by atoms with Crippen LogP contribution in [0.4, 0.5) is 8.78 Å². The van der Waals surface area contributed by atoms with E-state index in [2.05, 4.69) is 5.32 Å². The summed E-state index contributed by atoms with van der Waals surface area (Å²) < 4.78 is 25.8. The molecule has 6 heteroatoms. The number of piperazine rings is 1. The molecule has 0 spiro atoms.